The summed E-state index contributed by atoms with van der Waals surface area (Å²) in [6.07, 6.45) is 1.03. The molecule has 0 aliphatic carbocycles. The summed E-state index contributed by atoms with van der Waals surface area (Å²) in [4.78, 5) is 17.8. The first-order chi connectivity index (χ1) is 10.7. The number of hydrogen-bond acceptors (Lipinski definition) is 3. The number of nitrogens with zero attached hydrogens (tertiary/aromatic N) is 2. The molecule has 1 aromatic carbocycles. The van der Waals surface area contributed by atoms with Gasteiger partial charge in [0.2, 0.25) is 0 Å². The highest BCUT2D eigenvalue weighted by atomic mass is 79.9. The first kappa shape index (κ1) is 15.7. The number of benzene rings is 1. The van der Waals surface area contributed by atoms with Gasteiger partial charge in [-0.2, -0.15) is 0 Å². The molecule has 1 aliphatic heterocycles. The van der Waals surface area contributed by atoms with Crippen LogP contribution in [0, 0.1) is 0 Å². The van der Waals surface area contributed by atoms with Crippen LogP contribution in [0.4, 0.5) is 0 Å². The second kappa shape index (κ2) is 7.40. The van der Waals surface area contributed by atoms with E-state index < -0.39 is 0 Å². The highest BCUT2D eigenvalue weighted by molar-refractivity contribution is 9.11. The first-order valence-electron chi connectivity index (χ1n) is 7.53. The van der Waals surface area contributed by atoms with Crippen molar-refractivity contribution in [3.8, 4) is 0 Å². The van der Waals surface area contributed by atoms with Gasteiger partial charge in [-0.05, 0) is 40.0 Å². The zero-order chi connectivity index (χ0) is 15.4. The van der Waals surface area contributed by atoms with E-state index >= 15 is 0 Å². The Labute approximate surface area is 143 Å². The Morgan fingerprint density at radius 2 is 1.86 bits per heavy atom. The van der Waals surface area contributed by atoms with E-state index in [1.165, 1.54) is 16.9 Å². The zero-order valence-corrected chi connectivity index (χ0v) is 14.8. The van der Waals surface area contributed by atoms with Gasteiger partial charge in [-0.15, -0.1) is 11.3 Å². The standard InChI is InChI=1S/C17H19BrN2OS/c18-16-8-7-15(22-16)17(21)20-10-4-9-19(11-12-20)13-14-5-2-1-3-6-14/h1-3,5-8H,4,9-13H2. The molecule has 0 bridgehead atoms. The summed E-state index contributed by atoms with van der Waals surface area (Å²) in [5.74, 6) is 0.164. The fourth-order valence-electron chi connectivity index (χ4n) is 2.76. The minimum atomic E-state index is 0.164. The highest BCUT2D eigenvalue weighted by Crippen LogP contribution is 2.23. The van der Waals surface area contributed by atoms with E-state index in [4.69, 9.17) is 0 Å². The molecule has 116 valence electrons. The molecule has 1 aromatic heterocycles. The Morgan fingerprint density at radius 3 is 2.59 bits per heavy atom. The van der Waals surface area contributed by atoms with Crippen molar-refractivity contribution >= 4 is 33.2 Å². The van der Waals surface area contributed by atoms with Crippen molar-refractivity contribution in [3.63, 3.8) is 0 Å². The summed E-state index contributed by atoms with van der Waals surface area (Å²) < 4.78 is 1.01. The van der Waals surface area contributed by atoms with Gasteiger partial charge < -0.3 is 4.90 Å². The topological polar surface area (TPSA) is 23.6 Å². The van der Waals surface area contributed by atoms with Gasteiger partial charge in [0.1, 0.15) is 0 Å². The maximum atomic E-state index is 12.5. The van der Waals surface area contributed by atoms with Crippen LogP contribution < -0.4 is 0 Å². The molecule has 0 saturated carbocycles. The van der Waals surface area contributed by atoms with E-state index in [-0.39, 0.29) is 5.91 Å². The van der Waals surface area contributed by atoms with Crippen LogP contribution in [0.3, 0.4) is 0 Å². The molecular weight excluding hydrogens is 360 g/mol. The lowest BCUT2D eigenvalue weighted by Gasteiger charge is -2.21. The normalized spacial score (nSPS) is 16.5. The van der Waals surface area contributed by atoms with Crippen LogP contribution in [0.1, 0.15) is 21.7 Å². The minimum Gasteiger partial charge on any atom is -0.337 e. The van der Waals surface area contributed by atoms with Crippen LogP contribution >= 0.6 is 27.3 Å². The molecule has 0 unspecified atom stereocenters. The molecule has 2 heterocycles. The van der Waals surface area contributed by atoms with Gasteiger partial charge in [-0.25, -0.2) is 0 Å². The zero-order valence-electron chi connectivity index (χ0n) is 12.4. The first-order valence-corrected chi connectivity index (χ1v) is 9.14. The fraction of sp³-hybridized carbons (Fsp3) is 0.353. The maximum absolute atomic E-state index is 12.5. The van der Waals surface area contributed by atoms with E-state index in [1.807, 2.05) is 23.1 Å². The van der Waals surface area contributed by atoms with Gasteiger partial charge in [0.05, 0.1) is 8.66 Å². The predicted octanol–water partition coefficient (Wildman–Crippen LogP) is 3.86. The summed E-state index contributed by atoms with van der Waals surface area (Å²) in [7, 11) is 0. The molecule has 3 nitrogen and oxygen atoms in total. The molecule has 5 heteroatoms. The maximum Gasteiger partial charge on any atom is 0.264 e. The summed E-state index contributed by atoms with van der Waals surface area (Å²) >= 11 is 4.94. The average Bonchev–Trinajstić information content (AvgIpc) is 2.83. The summed E-state index contributed by atoms with van der Waals surface area (Å²) in [5, 5.41) is 0. The van der Waals surface area contributed by atoms with Gasteiger partial charge in [0.15, 0.2) is 0 Å². The van der Waals surface area contributed by atoms with Crippen molar-refractivity contribution in [1.82, 2.24) is 9.80 Å². The molecule has 1 amide bonds. The number of amides is 1. The Kier molecular flexibility index (Phi) is 5.28. The van der Waals surface area contributed by atoms with Crippen LogP contribution in [0.15, 0.2) is 46.3 Å². The molecule has 3 rings (SSSR count). The van der Waals surface area contributed by atoms with Gasteiger partial charge in [0, 0.05) is 32.7 Å². The molecule has 22 heavy (non-hydrogen) atoms. The van der Waals surface area contributed by atoms with Crippen molar-refractivity contribution in [2.24, 2.45) is 0 Å². The molecule has 1 aliphatic rings. The van der Waals surface area contributed by atoms with Gasteiger partial charge >= 0.3 is 0 Å². The molecule has 1 saturated heterocycles. The van der Waals surface area contributed by atoms with Crippen LogP contribution in [0.5, 0.6) is 0 Å². The van der Waals surface area contributed by atoms with E-state index in [9.17, 15) is 4.79 Å². The molecular formula is C17H19BrN2OS. The summed E-state index contributed by atoms with van der Waals surface area (Å²) in [6, 6.07) is 14.4. The Hall–Kier alpha value is -1.17. The largest absolute Gasteiger partial charge is 0.337 e. The molecule has 0 N–H and O–H groups in total. The lowest BCUT2D eigenvalue weighted by molar-refractivity contribution is 0.0766. The number of carbonyl (C=O) groups excluding carboxylic acids is 1. The Balaban J connectivity index is 1.59. The third-order valence-corrected chi connectivity index (χ3v) is 5.52. The summed E-state index contributed by atoms with van der Waals surface area (Å²) in [5.41, 5.74) is 1.34. The van der Waals surface area contributed by atoms with E-state index in [0.29, 0.717) is 0 Å². The Morgan fingerprint density at radius 1 is 1.05 bits per heavy atom. The monoisotopic (exact) mass is 378 g/mol. The van der Waals surface area contributed by atoms with Crippen LogP contribution in [-0.4, -0.2) is 41.9 Å². The lowest BCUT2D eigenvalue weighted by Crippen LogP contribution is -2.34. The average molecular weight is 379 g/mol. The quantitative estimate of drug-likeness (QED) is 0.809. The second-order valence-corrected chi connectivity index (χ2v) is 7.97. The molecule has 0 radical (unpaired) electrons. The highest BCUT2D eigenvalue weighted by Gasteiger charge is 2.21. The number of halogens is 1. The predicted molar refractivity (Wildman–Crippen MR) is 94.3 cm³/mol. The van der Waals surface area contributed by atoms with Crippen molar-refractivity contribution in [1.29, 1.82) is 0 Å². The minimum absolute atomic E-state index is 0.164. The van der Waals surface area contributed by atoms with Crippen LogP contribution in [0.25, 0.3) is 0 Å². The van der Waals surface area contributed by atoms with E-state index in [2.05, 4.69) is 45.1 Å². The third kappa shape index (κ3) is 3.97. The SMILES string of the molecule is O=C(c1ccc(Br)s1)N1CCCN(Cc2ccccc2)CC1. The fourth-order valence-corrected chi connectivity index (χ4v) is 4.11. The van der Waals surface area contributed by atoms with E-state index in [0.717, 1.165) is 47.8 Å². The second-order valence-electron chi connectivity index (χ2n) is 5.51. The van der Waals surface area contributed by atoms with Gasteiger partial charge in [-0.1, -0.05) is 30.3 Å². The molecule has 0 spiro atoms. The Bertz CT molecular complexity index is 629. The van der Waals surface area contributed by atoms with Crippen LogP contribution in [0.2, 0.25) is 0 Å². The molecule has 0 atom stereocenters. The van der Waals surface area contributed by atoms with Crippen molar-refractivity contribution in [2.75, 3.05) is 26.2 Å². The third-order valence-electron chi connectivity index (χ3n) is 3.91. The smallest absolute Gasteiger partial charge is 0.264 e. The van der Waals surface area contributed by atoms with E-state index in [1.54, 1.807) is 0 Å². The van der Waals surface area contributed by atoms with Crippen molar-refractivity contribution < 1.29 is 4.79 Å². The molecule has 1 fully saturated rings. The van der Waals surface area contributed by atoms with Gasteiger partial charge in [0.25, 0.3) is 5.91 Å². The number of rotatable bonds is 3. The van der Waals surface area contributed by atoms with Crippen LogP contribution in [-0.2, 0) is 6.54 Å². The van der Waals surface area contributed by atoms with Crippen molar-refractivity contribution in [3.05, 3.63) is 56.7 Å². The van der Waals surface area contributed by atoms with Gasteiger partial charge in [-0.3, -0.25) is 9.69 Å². The number of thiophene rings is 1. The molecule has 2 aromatic rings. The number of hydrogen-bond donors (Lipinski definition) is 0. The number of carbonyl (C=O) groups is 1. The lowest BCUT2D eigenvalue weighted by atomic mass is 10.2. The summed E-state index contributed by atoms with van der Waals surface area (Å²) in [6.45, 7) is 4.61. The van der Waals surface area contributed by atoms with Crippen molar-refractivity contribution in [2.45, 2.75) is 13.0 Å².